The van der Waals surface area contributed by atoms with Gasteiger partial charge in [0.25, 0.3) is 0 Å². The largest absolute Gasteiger partial charge is 0.465 e. The molecular weight excluding hydrogens is 471 g/mol. The third kappa shape index (κ3) is 10.9. The van der Waals surface area contributed by atoms with Crippen LogP contribution in [0.25, 0.3) is 11.2 Å². The van der Waals surface area contributed by atoms with Crippen molar-refractivity contribution in [1.29, 1.82) is 0 Å². The molecule has 0 unspecified atom stereocenters. The summed E-state index contributed by atoms with van der Waals surface area (Å²) in [6, 6.07) is 0. The minimum absolute atomic E-state index is 0.0385. The summed E-state index contributed by atoms with van der Waals surface area (Å²) in [5.41, 5.74) is 1.36. The Labute approximate surface area is 215 Å². The van der Waals surface area contributed by atoms with Crippen LogP contribution < -0.4 is 0 Å². The van der Waals surface area contributed by atoms with Crippen molar-refractivity contribution in [2.75, 3.05) is 6.61 Å². The number of carbonyl (C=O) groups is 1. The molecule has 2 aromatic heterocycles. The number of ether oxygens (including phenoxy) is 1. The lowest BCUT2D eigenvalue weighted by Crippen LogP contribution is -2.09. The van der Waals surface area contributed by atoms with Gasteiger partial charge in [-0.25, -0.2) is 9.97 Å². The van der Waals surface area contributed by atoms with Crippen molar-refractivity contribution in [2.45, 2.75) is 117 Å². The molecule has 0 aliphatic heterocycles. The molecule has 34 heavy (non-hydrogen) atoms. The molecule has 0 saturated carbocycles. The van der Waals surface area contributed by atoms with Gasteiger partial charge in [-0.2, -0.15) is 4.98 Å². The second-order valence-electron chi connectivity index (χ2n) is 9.69. The predicted molar refractivity (Wildman–Crippen MR) is 141 cm³/mol. The molecule has 0 aromatic carbocycles. The number of hydrogen-bond acceptors (Lipinski definition) is 5. The third-order valence-corrected chi connectivity index (χ3v) is 6.50. The average Bonchev–Trinajstić information content (AvgIpc) is 3.09. The summed E-state index contributed by atoms with van der Waals surface area (Å²) in [5, 5.41) is 0.510. The van der Waals surface area contributed by atoms with Crippen molar-refractivity contribution in [3.63, 3.8) is 0 Å². The lowest BCUT2D eigenvalue weighted by Gasteiger charge is -2.07. The molecule has 0 atom stereocenters. The van der Waals surface area contributed by atoms with Gasteiger partial charge in [0, 0.05) is 13.0 Å². The molecule has 0 bridgehead atoms. The number of esters is 1. The molecule has 0 radical (unpaired) electrons. The Morgan fingerprint density at radius 1 is 0.824 bits per heavy atom. The van der Waals surface area contributed by atoms with Gasteiger partial charge in [0.1, 0.15) is 11.3 Å². The first kappa shape index (κ1) is 28.8. The van der Waals surface area contributed by atoms with E-state index in [-0.39, 0.29) is 11.3 Å². The van der Waals surface area contributed by atoms with Gasteiger partial charge in [0.2, 0.25) is 5.28 Å². The molecule has 0 aliphatic rings. The second-order valence-corrected chi connectivity index (χ2v) is 10.4. The van der Waals surface area contributed by atoms with Gasteiger partial charge in [-0.15, -0.1) is 0 Å². The summed E-state index contributed by atoms with van der Waals surface area (Å²) in [5.74, 6) is 1.28. The predicted octanol–water partition coefficient (Wildman–Crippen LogP) is 8.10. The molecule has 6 nitrogen and oxygen atoms in total. The second kappa shape index (κ2) is 16.3. The number of imidazole rings is 1. The zero-order chi connectivity index (χ0) is 24.8. The van der Waals surface area contributed by atoms with E-state index in [1.54, 1.807) is 0 Å². The van der Waals surface area contributed by atoms with Crippen LogP contribution in [0.5, 0.6) is 0 Å². The Kier molecular flexibility index (Phi) is 13.8. The van der Waals surface area contributed by atoms with Crippen LogP contribution in [0, 0.1) is 12.8 Å². The standard InChI is InChI=1S/C26H42Cl2N4O2/c1-20(2)19-34-22(33)17-15-13-11-9-7-5-4-6-8-10-12-14-16-18-32-21(3)29-25-23(32)24(27)30-26(28)31-25/h20H,4-19H2,1-3H3. The topological polar surface area (TPSA) is 69.9 Å². The van der Waals surface area contributed by atoms with E-state index in [1.807, 2.05) is 6.92 Å². The number of carbonyl (C=O) groups excluding carboxylic acids is 1. The molecule has 192 valence electrons. The number of rotatable bonds is 18. The maximum Gasteiger partial charge on any atom is 0.305 e. The van der Waals surface area contributed by atoms with Crippen LogP contribution in [-0.2, 0) is 16.1 Å². The van der Waals surface area contributed by atoms with E-state index in [9.17, 15) is 4.79 Å². The number of aryl methyl sites for hydroxylation is 2. The number of hydrogen-bond donors (Lipinski definition) is 0. The molecule has 0 fully saturated rings. The van der Waals surface area contributed by atoms with Crippen molar-refractivity contribution in [3.05, 3.63) is 16.3 Å². The van der Waals surface area contributed by atoms with E-state index in [1.165, 1.54) is 64.2 Å². The first-order valence-electron chi connectivity index (χ1n) is 13.1. The van der Waals surface area contributed by atoms with Crippen LogP contribution in [-0.4, -0.2) is 32.1 Å². The minimum Gasteiger partial charge on any atom is -0.465 e. The van der Waals surface area contributed by atoms with Crippen molar-refractivity contribution in [3.8, 4) is 0 Å². The Bertz CT molecular complexity index is 870. The van der Waals surface area contributed by atoms with Crippen molar-refractivity contribution >= 4 is 40.3 Å². The zero-order valence-corrected chi connectivity index (χ0v) is 22.8. The van der Waals surface area contributed by atoms with Crippen LogP contribution in [0.4, 0.5) is 0 Å². The number of unbranched alkanes of at least 4 members (excludes halogenated alkanes) is 12. The quantitative estimate of drug-likeness (QED) is 0.0872. The van der Waals surface area contributed by atoms with Gasteiger partial charge in [-0.05, 0) is 37.3 Å². The van der Waals surface area contributed by atoms with Gasteiger partial charge >= 0.3 is 5.97 Å². The van der Waals surface area contributed by atoms with Crippen molar-refractivity contribution in [2.24, 2.45) is 5.92 Å². The normalized spacial score (nSPS) is 11.6. The van der Waals surface area contributed by atoms with Gasteiger partial charge in [0.15, 0.2) is 10.8 Å². The number of halogens is 2. The first-order chi connectivity index (χ1) is 16.4. The molecule has 0 N–H and O–H groups in total. The van der Waals surface area contributed by atoms with E-state index < -0.39 is 0 Å². The van der Waals surface area contributed by atoms with Crippen LogP contribution in [0.1, 0.15) is 110 Å². The molecule has 0 aliphatic carbocycles. The molecule has 2 heterocycles. The number of fused-ring (bicyclic) bond motifs is 1. The lowest BCUT2D eigenvalue weighted by molar-refractivity contribution is -0.144. The van der Waals surface area contributed by atoms with E-state index >= 15 is 0 Å². The molecule has 2 rings (SSSR count). The Hall–Kier alpha value is -1.40. The molecule has 0 saturated heterocycles. The van der Waals surface area contributed by atoms with E-state index in [4.69, 9.17) is 27.9 Å². The summed E-state index contributed by atoms with van der Waals surface area (Å²) < 4.78 is 7.31. The molecular formula is C26H42Cl2N4O2. The van der Waals surface area contributed by atoms with Crippen molar-refractivity contribution < 1.29 is 9.53 Å². The summed E-state index contributed by atoms with van der Waals surface area (Å²) in [7, 11) is 0. The monoisotopic (exact) mass is 512 g/mol. The number of nitrogens with zero attached hydrogens (tertiary/aromatic N) is 4. The fourth-order valence-corrected chi connectivity index (χ4v) is 4.64. The summed E-state index contributed by atoms with van der Waals surface area (Å²) >= 11 is 12.1. The lowest BCUT2D eigenvalue weighted by atomic mass is 10.0. The first-order valence-corrected chi connectivity index (χ1v) is 13.9. The van der Waals surface area contributed by atoms with Crippen LogP contribution in [0.3, 0.4) is 0 Å². The van der Waals surface area contributed by atoms with E-state index in [2.05, 4.69) is 33.4 Å². The Morgan fingerprint density at radius 2 is 1.35 bits per heavy atom. The molecule has 8 heteroatoms. The highest BCUT2D eigenvalue weighted by Crippen LogP contribution is 2.24. The zero-order valence-electron chi connectivity index (χ0n) is 21.3. The van der Waals surface area contributed by atoms with Gasteiger partial charge in [0.05, 0.1) is 6.61 Å². The molecule has 0 amide bonds. The average molecular weight is 514 g/mol. The third-order valence-electron chi connectivity index (χ3n) is 6.06. The molecule has 2 aromatic rings. The summed E-state index contributed by atoms with van der Waals surface area (Å²) in [4.78, 5) is 24.3. The van der Waals surface area contributed by atoms with E-state index in [0.717, 1.165) is 37.1 Å². The van der Waals surface area contributed by atoms with Crippen LogP contribution >= 0.6 is 23.2 Å². The SMILES string of the molecule is Cc1nc2nc(Cl)nc(Cl)c2n1CCCCCCCCCCCCCCCC(=O)OCC(C)C. The Balaban J connectivity index is 1.40. The summed E-state index contributed by atoms with van der Waals surface area (Å²) in [6.45, 7) is 7.51. The maximum absolute atomic E-state index is 11.6. The molecule has 0 spiro atoms. The Morgan fingerprint density at radius 3 is 1.91 bits per heavy atom. The van der Waals surface area contributed by atoms with E-state index in [0.29, 0.717) is 29.7 Å². The smallest absolute Gasteiger partial charge is 0.305 e. The van der Waals surface area contributed by atoms with Gasteiger partial charge in [-0.1, -0.05) is 96.1 Å². The van der Waals surface area contributed by atoms with Crippen LogP contribution in [0.2, 0.25) is 10.4 Å². The summed E-state index contributed by atoms with van der Waals surface area (Å²) in [6.07, 6.45) is 16.7. The highest BCUT2D eigenvalue weighted by atomic mass is 35.5. The van der Waals surface area contributed by atoms with Crippen LogP contribution in [0.15, 0.2) is 0 Å². The minimum atomic E-state index is -0.0385. The van der Waals surface area contributed by atoms with Gasteiger partial charge in [-0.3, -0.25) is 4.79 Å². The highest BCUT2D eigenvalue weighted by molar-refractivity contribution is 6.35. The van der Waals surface area contributed by atoms with Crippen molar-refractivity contribution in [1.82, 2.24) is 19.5 Å². The van der Waals surface area contributed by atoms with Gasteiger partial charge < -0.3 is 9.30 Å². The highest BCUT2D eigenvalue weighted by Gasteiger charge is 2.14. The maximum atomic E-state index is 11.6. The fraction of sp³-hybridized carbons (Fsp3) is 0.769. The number of aromatic nitrogens is 4. The fourth-order valence-electron chi connectivity index (χ4n) is 4.17.